The first-order valence-corrected chi connectivity index (χ1v) is 7.12. The summed E-state index contributed by atoms with van der Waals surface area (Å²) in [4.78, 5) is 22.3. The van der Waals surface area contributed by atoms with E-state index >= 15 is 0 Å². The number of benzene rings is 1. The van der Waals surface area contributed by atoms with E-state index in [1.165, 1.54) is 0 Å². The van der Waals surface area contributed by atoms with E-state index in [9.17, 15) is 9.59 Å². The summed E-state index contributed by atoms with van der Waals surface area (Å²) in [5.74, 6) is 0.726. The summed E-state index contributed by atoms with van der Waals surface area (Å²) >= 11 is 0. The number of rotatable bonds is 4. The Bertz CT molecular complexity index is 546. The van der Waals surface area contributed by atoms with Gasteiger partial charge in [0, 0.05) is 5.69 Å². The highest BCUT2D eigenvalue weighted by atomic mass is 16.6. The SMILES string of the molecule is CC(C)(C)OC(=O)Nc1ccc(OCC=O)c2c1CCC2. The molecule has 1 aromatic rings. The maximum atomic E-state index is 11.9. The number of aldehydes is 1. The second kappa shape index (κ2) is 6.16. The van der Waals surface area contributed by atoms with Gasteiger partial charge in [0.05, 0.1) is 0 Å². The molecule has 1 aromatic carbocycles. The van der Waals surface area contributed by atoms with Gasteiger partial charge in [-0.25, -0.2) is 4.79 Å². The van der Waals surface area contributed by atoms with Gasteiger partial charge in [0.15, 0.2) is 6.29 Å². The molecule has 0 spiro atoms. The Kier molecular flexibility index (Phi) is 4.50. The summed E-state index contributed by atoms with van der Waals surface area (Å²) in [5, 5.41) is 2.80. The Morgan fingerprint density at radius 2 is 2.00 bits per heavy atom. The number of hydrogen-bond acceptors (Lipinski definition) is 4. The van der Waals surface area contributed by atoms with Crippen molar-refractivity contribution in [3.8, 4) is 5.75 Å². The smallest absolute Gasteiger partial charge is 0.412 e. The highest BCUT2D eigenvalue weighted by molar-refractivity contribution is 5.86. The number of amides is 1. The minimum Gasteiger partial charge on any atom is -0.486 e. The molecule has 114 valence electrons. The number of carbonyl (C=O) groups is 2. The molecule has 0 saturated carbocycles. The molecule has 1 aliphatic rings. The topological polar surface area (TPSA) is 64.6 Å². The van der Waals surface area contributed by atoms with Crippen molar-refractivity contribution in [1.82, 2.24) is 0 Å². The average molecular weight is 291 g/mol. The Labute approximate surface area is 124 Å². The van der Waals surface area contributed by atoms with E-state index in [-0.39, 0.29) is 6.61 Å². The van der Waals surface area contributed by atoms with Gasteiger partial charge in [-0.15, -0.1) is 0 Å². The summed E-state index contributed by atoms with van der Waals surface area (Å²) in [6.45, 7) is 5.53. The molecule has 0 aromatic heterocycles. The first-order chi connectivity index (χ1) is 9.90. The minimum atomic E-state index is -0.528. The largest absolute Gasteiger partial charge is 0.486 e. The Morgan fingerprint density at radius 3 is 2.67 bits per heavy atom. The lowest BCUT2D eigenvalue weighted by atomic mass is 10.1. The van der Waals surface area contributed by atoms with Crippen LogP contribution in [0.3, 0.4) is 0 Å². The monoisotopic (exact) mass is 291 g/mol. The number of nitrogens with one attached hydrogen (secondary N) is 1. The molecule has 0 heterocycles. The van der Waals surface area contributed by atoms with Crippen molar-refractivity contribution in [3.05, 3.63) is 23.3 Å². The van der Waals surface area contributed by atoms with E-state index in [4.69, 9.17) is 9.47 Å². The van der Waals surface area contributed by atoms with Crippen molar-refractivity contribution in [1.29, 1.82) is 0 Å². The van der Waals surface area contributed by atoms with Crippen LogP contribution in [0.25, 0.3) is 0 Å². The van der Waals surface area contributed by atoms with Crippen molar-refractivity contribution in [2.75, 3.05) is 11.9 Å². The van der Waals surface area contributed by atoms with Gasteiger partial charge in [0.2, 0.25) is 0 Å². The summed E-state index contributed by atoms with van der Waals surface area (Å²) in [6, 6.07) is 3.59. The van der Waals surface area contributed by atoms with Crippen LogP contribution in [0.2, 0.25) is 0 Å². The quantitative estimate of drug-likeness (QED) is 0.866. The predicted octanol–water partition coefficient (Wildman–Crippen LogP) is 3.10. The molecule has 21 heavy (non-hydrogen) atoms. The molecule has 0 radical (unpaired) electrons. The Hall–Kier alpha value is -2.04. The first kappa shape index (κ1) is 15.4. The molecule has 1 amide bonds. The maximum absolute atomic E-state index is 11.9. The molecule has 1 aliphatic carbocycles. The highest BCUT2D eigenvalue weighted by Crippen LogP contribution is 2.36. The van der Waals surface area contributed by atoms with Gasteiger partial charge in [-0.05, 0) is 63.3 Å². The van der Waals surface area contributed by atoms with Crippen molar-refractivity contribution >= 4 is 18.1 Å². The first-order valence-electron chi connectivity index (χ1n) is 7.12. The van der Waals surface area contributed by atoms with Crippen LogP contribution in [0, 0.1) is 0 Å². The van der Waals surface area contributed by atoms with E-state index in [0.717, 1.165) is 48.1 Å². The zero-order valence-corrected chi connectivity index (χ0v) is 12.7. The zero-order chi connectivity index (χ0) is 15.5. The van der Waals surface area contributed by atoms with Gasteiger partial charge < -0.3 is 9.47 Å². The summed E-state index contributed by atoms with van der Waals surface area (Å²) in [7, 11) is 0. The molecular weight excluding hydrogens is 270 g/mol. The van der Waals surface area contributed by atoms with E-state index < -0.39 is 11.7 Å². The molecule has 0 saturated heterocycles. The third-order valence-electron chi connectivity index (χ3n) is 3.18. The number of fused-ring (bicyclic) bond motifs is 1. The minimum absolute atomic E-state index is 0.0469. The maximum Gasteiger partial charge on any atom is 0.412 e. The van der Waals surface area contributed by atoms with Crippen LogP contribution in [0.15, 0.2) is 12.1 Å². The van der Waals surface area contributed by atoms with Crippen LogP contribution in [-0.4, -0.2) is 24.6 Å². The van der Waals surface area contributed by atoms with E-state index in [1.807, 2.05) is 20.8 Å². The van der Waals surface area contributed by atoms with Crippen molar-refractivity contribution in [3.63, 3.8) is 0 Å². The Balaban J connectivity index is 2.16. The Morgan fingerprint density at radius 1 is 1.29 bits per heavy atom. The molecule has 0 fully saturated rings. The van der Waals surface area contributed by atoms with Crippen molar-refractivity contribution in [2.45, 2.75) is 45.6 Å². The van der Waals surface area contributed by atoms with E-state index in [2.05, 4.69) is 5.32 Å². The standard InChI is InChI=1S/C16H21NO4/c1-16(2,3)21-15(19)17-13-7-8-14(20-10-9-18)12-6-4-5-11(12)13/h7-9H,4-6,10H2,1-3H3,(H,17,19). The third-order valence-corrected chi connectivity index (χ3v) is 3.18. The molecule has 2 rings (SSSR count). The van der Waals surface area contributed by atoms with Crippen LogP contribution in [0.5, 0.6) is 5.75 Å². The summed E-state index contributed by atoms with van der Waals surface area (Å²) < 4.78 is 10.7. The molecule has 0 bridgehead atoms. The molecule has 5 nitrogen and oxygen atoms in total. The second-order valence-electron chi connectivity index (χ2n) is 6.03. The van der Waals surface area contributed by atoms with Gasteiger partial charge in [-0.1, -0.05) is 0 Å². The predicted molar refractivity (Wildman–Crippen MR) is 79.9 cm³/mol. The van der Waals surface area contributed by atoms with Gasteiger partial charge in [-0.2, -0.15) is 0 Å². The molecule has 5 heteroatoms. The van der Waals surface area contributed by atoms with Crippen LogP contribution in [0.4, 0.5) is 10.5 Å². The summed E-state index contributed by atoms with van der Waals surface area (Å²) in [6.07, 6.45) is 3.07. The van der Waals surface area contributed by atoms with E-state index in [1.54, 1.807) is 12.1 Å². The van der Waals surface area contributed by atoms with Crippen molar-refractivity contribution in [2.24, 2.45) is 0 Å². The van der Waals surface area contributed by atoms with Gasteiger partial charge in [0.1, 0.15) is 18.0 Å². The van der Waals surface area contributed by atoms with Crippen molar-refractivity contribution < 1.29 is 19.1 Å². The zero-order valence-electron chi connectivity index (χ0n) is 12.7. The van der Waals surface area contributed by atoms with Gasteiger partial charge in [-0.3, -0.25) is 10.1 Å². The average Bonchev–Trinajstić information content (AvgIpc) is 2.85. The van der Waals surface area contributed by atoms with E-state index in [0.29, 0.717) is 0 Å². The number of anilines is 1. The summed E-state index contributed by atoms with van der Waals surface area (Å²) in [5.41, 5.74) is 2.38. The van der Waals surface area contributed by atoms with Gasteiger partial charge in [0.25, 0.3) is 0 Å². The fourth-order valence-electron chi connectivity index (χ4n) is 2.46. The molecular formula is C16H21NO4. The lowest BCUT2D eigenvalue weighted by Gasteiger charge is -2.20. The highest BCUT2D eigenvalue weighted by Gasteiger charge is 2.22. The molecule has 0 aliphatic heterocycles. The normalized spacial score (nSPS) is 13.5. The van der Waals surface area contributed by atoms with Crippen LogP contribution in [-0.2, 0) is 22.4 Å². The third kappa shape index (κ3) is 3.97. The molecule has 0 atom stereocenters. The van der Waals surface area contributed by atoms with Crippen LogP contribution >= 0.6 is 0 Å². The lowest BCUT2D eigenvalue weighted by molar-refractivity contribution is -0.109. The second-order valence-corrected chi connectivity index (χ2v) is 6.03. The number of hydrogen-bond donors (Lipinski definition) is 1. The fraction of sp³-hybridized carbons (Fsp3) is 0.500. The molecule has 0 unspecified atom stereocenters. The number of ether oxygens (including phenoxy) is 2. The van der Waals surface area contributed by atoms with Crippen LogP contribution in [0.1, 0.15) is 38.3 Å². The van der Waals surface area contributed by atoms with Gasteiger partial charge >= 0.3 is 6.09 Å². The fourth-order valence-corrected chi connectivity index (χ4v) is 2.46. The molecule has 1 N–H and O–H groups in total. The lowest BCUT2D eigenvalue weighted by Crippen LogP contribution is -2.27. The number of carbonyl (C=O) groups excluding carboxylic acids is 2. The van der Waals surface area contributed by atoms with Crippen LogP contribution < -0.4 is 10.1 Å².